The van der Waals surface area contributed by atoms with Crippen LogP contribution in [0.4, 0.5) is 0 Å². The van der Waals surface area contributed by atoms with Crippen LogP contribution in [-0.4, -0.2) is 31.7 Å². The molecule has 1 rings (SSSR count). The molecule has 5 nitrogen and oxygen atoms in total. The van der Waals surface area contributed by atoms with Gasteiger partial charge in [-0.25, -0.2) is 0 Å². The lowest BCUT2D eigenvalue weighted by Gasteiger charge is -2.14. The zero-order chi connectivity index (χ0) is 15.0. The number of amides is 1. The Labute approximate surface area is 120 Å². The first kappa shape index (κ1) is 16.3. The zero-order valence-electron chi connectivity index (χ0n) is 12.4. The van der Waals surface area contributed by atoms with Crippen molar-refractivity contribution in [2.45, 2.75) is 33.2 Å². The molecule has 0 bridgehead atoms. The van der Waals surface area contributed by atoms with Crippen LogP contribution in [0.5, 0.6) is 11.5 Å². The van der Waals surface area contributed by atoms with Crippen LogP contribution in [0.15, 0.2) is 18.2 Å². The van der Waals surface area contributed by atoms with Crippen LogP contribution in [0.2, 0.25) is 0 Å². The molecule has 1 aromatic carbocycles. The second-order valence-corrected chi connectivity index (χ2v) is 4.55. The standard InChI is InChI=1S/C15H24N2O3/c1-4-8-20-13-7-6-12(9-14(13)19-5-2)15(18)17-11(3)10-16/h6-7,9,11H,4-5,8,10,16H2,1-3H3,(H,17,18)/t11-/m0/s1. The van der Waals surface area contributed by atoms with Gasteiger partial charge in [0.15, 0.2) is 11.5 Å². The van der Waals surface area contributed by atoms with E-state index in [4.69, 9.17) is 15.2 Å². The molecule has 0 aliphatic carbocycles. The molecule has 0 radical (unpaired) electrons. The average Bonchev–Trinajstić information content (AvgIpc) is 2.45. The second kappa shape index (κ2) is 8.43. The molecule has 3 N–H and O–H groups in total. The average molecular weight is 280 g/mol. The smallest absolute Gasteiger partial charge is 0.251 e. The first-order valence-electron chi connectivity index (χ1n) is 7.02. The topological polar surface area (TPSA) is 73.6 Å². The van der Waals surface area contributed by atoms with Crippen molar-refractivity contribution < 1.29 is 14.3 Å². The fraction of sp³-hybridized carbons (Fsp3) is 0.533. The molecule has 0 heterocycles. The van der Waals surface area contributed by atoms with E-state index >= 15 is 0 Å². The fourth-order valence-corrected chi connectivity index (χ4v) is 1.61. The van der Waals surface area contributed by atoms with Gasteiger partial charge in [-0.1, -0.05) is 6.92 Å². The Morgan fingerprint density at radius 3 is 2.65 bits per heavy atom. The highest BCUT2D eigenvalue weighted by atomic mass is 16.5. The van der Waals surface area contributed by atoms with Crippen LogP contribution in [0.1, 0.15) is 37.6 Å². The van der Waals surface area contributed by atoms with Crippen molar-refractivity contribution in [3.05, 3.63) is 23.8 Å². The second-order valence-electron chi connectivity index (χ2n) is 4.55. The van der Waals surface area contributed by atoms with E-state index in [1.54, 1.807) is 18.2 Å². The maximum Gasteiger partial charge on any atom is 0.251 e. The zero-order valence-corrected chi connectivity index (χ0v) is 12.4. The predicted molar refractivity (Wildman–Crippen MR) is 79.4 cm³/mol. The van der Waals surface area contributed by atoms with Crippen LogP contribution in [0.3, 0.4) is 0 Å². The van der Waals surface area contributed by atoms with Crippen molar-refractivity contribution in [2.24, 2.45) is 5.73 Å². The summed E-state index contributed by atoms with van der Waals surface area (Å²) in [6.45, 7) is 7.34. The van der Waals surface area contributed by atoms with Gasteiger partial charge in [0.25, 0.3) is 5.91 Å². The van der Waals surface area contributed by atoms with Crippen molar-refractivity contribution >= 4 is 5.91 Å². The molecular formula is C15H24N2O3. The lowest BCUT2D eigenvalue weighted by Crippen LogP contribution is -2.37. The quantitative estimate of drug-likeness (QED) is 0.763. The Hall–Kier alpha value is -1.75. The monoisotopic (exact) mass is 280 g/mol. The van der Waals surface area contributed by atoms with Crippen molar-refractivity contribution in [3.8, 4) is 11.5 Å². The summed E-state index contributed by atoms with van der Waals surface area (Å²) in [5.41, 5.74) is 6.04. The van der Waals surface area contributed by atoms with Gasteiger partial charge in [-0.05, 0) is 38.5 Å². The molecule has 20 heavy (non-hydrogen) atoms. The Kier molecular flexibility index (Phi) is 6.87. The van der Waals surface area contributed by atoms with E-state index in [0.29, 0.717) is 36.8 Å². The molecule has 5 heteroatoms. The molecule has 0 aromatic heterocycles. The number of carbonyl (C=O) groups is 1. The lowest BCUT2D eigenvalue weighted by molar-refractivity contribution is 0.0940. The van der Waals surface area contributed by atoms with Gasteiger partial charge in [0.1, 0.15) is 0 Å². The first-order chi connectivity index (χ1) is 9.62. The lowest BCUT2D eigenvalue weighted by atomic mass is 10.1. The molecule has 0 saturated heterocycles. The van der Waals surface area contributed by atoms with E-state index in [0.717, 1.165) is 6.42 Å². The summed E-state index contributed by atoms with van der Waals surface area (Å²) in [5, 5.41) is 2.82. The molecule has 0 unspecified atom stereocenters. The van der Waals surface area contributed by atoms with E-state index in [2.05, 4.69) is 5.32 Å². The third kappa shape index (κ3) is 4.74. The van der Waals surface area contributed by atoms with Gasteiger partial charge < -0.3 is 20.5 Å². The van der Waals surface area contributed by atoms with Crippen molar-refractivity contribution in [2.75, 3.05) is 19.8 Å². The van der Waals surface area contributed by atoms with Crippen molar-refractivity contribution in [1.82, 2.24) is 5.32 Å². The van der Waals surface area contributed by atoms with Crippen LogP contribution in [0, 0.1) is 0 Å². The highest BCUT2D eigenvalue weighted by molar-refractivity contribution is 5.95. The van der Waals surface area contributed by atoms with E-state index in [1.165, 1.54) is 0 Å². The molecule has 0 aliphatic heterocycles. The van der Waals surface area contributed by atoms with Gasteiger partial charge in [-0.2, -0.15) is 0 Å². The minimum absolute atomic E-state index is 0.0611. The number of hydrogen-bond acceptors (Lipinski definition) is 4. The third-order valence-corrected chi connectivity index (χ3v) is 2.70. The number of carbonyl (C=O) groups excluding carboxylic acids is 1. The molecule has 1 atom stereocenters. The summed E-state index contributed by atoms with van der Waals surface area (Å²) in [5.74, 6) is 1.09. The maximum atomic E-state index is 12.0. The van der Waals surface area contributed by atoms with Gasteiger partial charge in [0.2, 0.25) is 0 Å². The molecule has 0 saturated carbocycles. The van der Waals surface area contributed by atoms with Gasteiger partial charge in [0.05, 0.1) is 13.2 Å². The maximum absolute atomic E-state index is 12.0. The number of benzene rings is 1. The van der Waals surface area contributed by atoms with Crippen molar-refractivity contribution in [3.63, 3.8) is 0 Å². The number of ether oxygens (including phenoxy) is 2. The van der Waals surface area contributed by atoms with E-state index in [1.807, 2.05) is 20.8 Å². The molecule has 0 fully saturated rings. The van der Waals surface area contributed by atoms with Crippen LogP contribution in [-0.2, 0) is 0 Å². The summed E-state index contributed by atoms with van der Waals surface area (Å²) in [6, 6.07) is 5.14. The molecule has 112 valence electrons. The van der Waals surface area contributed by atoms with E-state index < -0.39 is 0 Å². The number of rotatable bonds is 8. The van der Waals surface area contributed by atoms with Crippen LogP contribution >= 0.6 is 0 Å². The van der Waals surface area contributed by atoms with Gasteiger partial charge in [-0.3, -0.25) is 4.79 Å². The summed E-state index contributed by atoms with van der Waals surface area (Å²) < 4.78 is 11.1. The Morgan fingerprint density at radius 1 is 1.30 bits per heavy atom. The van der Waals surface area contributed by atoms with Crippen molar-refractivity contribution in [1.29, 1.82) is 0 Å². The Bertz CT molecular complexity index is 435. The van der Waals surface area contributed by atoms with Gasteiger partial charge >= 0.3 is 0 Å². The largest absolute Gasteiger partial charge is 0.490 e. The molecule has 1 aromatic rings. The summed E-state index contributed by atoms with van der Waals surface area (Å²) in [7, 11) is 0. The fourth-order valence-electron chi connectivity index (χ4n) is 1.61. The minimum atomic E-state index is -0.161. The van der Waals surface area contributed by atoms with Gasteiger partial charge in [0, 0.05) is 18.2 Å². The van der Waals surface area contributed by atoms with Gasteiger partial charge in [-0.15, -0.1) is 0 Å². The Balaban J connectivity index is 2.88. The SMILES string of the molecule is CCCOc1ccc(C(=O)N[C@@H](C)CN)cc1OCC. The summed E-state index contributed by atoms with van der Waals surface area (Å²) >= 11 is 0. The van der Waals surface area contributed by atoms with E-state index in [9.17, 15) is 4.79 Å². The molecular weight excluding hydrogens is 256 g/mol. The van der Waals surface area contributed by atoms with Crippen LogP contribution in [0.25, 0.3) is 0 Å². The number of nitrogens with two attached hydrogens (primary N) is 1. The van der Waals surface area contributed by atoms with Crippen LogP contribution < -0.4 is 20.5 Å². The molecule has 0 spiro atoms. The number of hydrogen-bond donors (Lipinski definition) is 2. The summed E-state index contributed by atoms with van der Waals surface area (Å²) in [6.07, 6.45) is 0.918. The third-order valence-electron chi connectivity index (χ3n) is 2.70. The summed E-state index contributed by atoms with van der Waals surface area (Å²) in [4.78, 5) is 12.0. The number of nitrogens with one attached hydrogen (secondary N) is 1. The first-order valence-corrected chi connectivity index (χ1v) is 7.02. The predicted octanol–water partition coefficient (Wildman–Crippen LogP) is 1.95. The highest BCUT2D eigenvalue weighted by Gasteiger charge is 2.13. The minimum Gasteiger partial charge on any atom is -0.490 e. The highest BCUT2D eigenvalue weighted by Crippen LogP contribution is 2.28. The molecule has 1 amide bonds. The molecule has 0 aliphatic rings. The normalized spacial score (nSPS) is 11.8. The Morgan fingerprint density at radius 2 is 2.05 bits per heavy atom. The van der Waals surface area contributed by atoms with E-state index in [-0.39, 0.29) is 11.9 Å².